The molecule has 1 saturated heterocycles. The van der Waals surface area contributed by atoms with E-state index < -0.39 is 0 Å². The van der Waals surface area contributed by atoms with E-state index in [4.69, 9.17) is 11.6 Å². The molecule has 2 aromatic rings. The van der Waals surface area contributed by atoms with E-state index in [-0.39, 0.29) is 17.5 Å². The number of amides is 2. The van der Waals surface area contributed by atoms with Gasteiger partial charge in [-0.15, -0.1) is 0 Å². The fourth-order valence-electron chi connectivity index (χ4n) is 2.93. The first kappa shape index (κ1) is 18.2. The van der Waals surface area contributed by atoms with Gasteiger partial charge in [0.25, 0.3) is 11.8 Å². The van der Waals surface area contributed by atoms with E-state index in [9.17, 15) is 9.59 Å². The predicted octanol–water partition coefficient (Wildman–Crippen LogP) is 4.12. The number of piperidine rings is 1. The first-order valence-corrected chi connectivity index (χ1v) is 9.14. The molecule has 0 bridgehead atoms. The minimum Gasteiger partial charge on any atom is -0.337 e. The van der Waals surface area contributed by atoms with Crippen molar-refractivity contribution in [1.82, 2.24) is 10.2 Å². The maximum atomic E-state index is 13.0. The summed E-state index contributed by atoms with van der Waals surface area (Å²) in [5.74, 6) is -0.444. The van der Waals surface area contributed by atoms with E-state index in [1.807, 2.05) is 18.2 Å². The predicted molar refractivity (Wildman–Crippen MR) is 104 cm³/mol. The molecule has 1 heterocycles. The van der Waals surface area contributed by atoms with E-state index >= 15 is 0 Å². The highest BCUT2D eigenvalue weighted by Gasteiger charge is 2.22. The van der Waals surface area contributed by atoms with Crippen LogP contribution in [-0.4, -0.2) is 29.8 Å². The summed E-state index contributed by atoms with van der Waals surface area (Å²) in [5, 5.41) is 3.42. The van der Waals surface area contributed by atoms with Crippen molar-refractivity contribution in [2.45, 2.75) is 19.3 Å². The van der Waals surface area contributed by atoms with Gasteiger partial charge < -0.3 is 10.2 Å². The fourth-order valence-corrected chi connectivity index (χ4v) is 3.05. The smallest absolute Gasteiger partial charge is 0.270 e. The van der Waals surface area contributed by atoms with Gasteiger partial charge in [-0.25, -0.2) is 0 Å². The number of hydrogen-bond acceptors (Lipinski definition) is 2. The van der Waals surface area contributed by atoms with Gasteiger partial charge in [0.1, 0.15) is 5.70 Å². The second-order valence-corrected chi connectivity index (χ2v) is 6.72. The first-order valence-electron chi connectivity index (χ1n) is 8.76. The highest BCUT2D eigenvalue weighted by Crippen LogP contribution is 2.16. The minimum atomic E-state index is -0.295. The zero-order valence-electron chi connectivity index (χ0n) is 14.5. The Kier molecular flexibility index (Phi) is 6.08. The molecule has 0 radical (unpaired) electrons. The summed E-state index contributed by atoms with van der Waals surface area (Å²) in [6.07, 6.45) is 4.82. The number of halogens is 1. The summed E-state index contributed by atoms with van der Waals surface area (Å²) in [7, 11) is 0. The largest absolute Gasteiger partial charge is 0.337 e. The Morgan fingerprint density at radius 2 is 1.58 bits per heavy atom. The Labute approximate surface area is 158 Å². The van der Waals surface area contributed by atoms with Crippen LogP contribution in [0.1, 0.15) is 35.2 Å². The van der Waals surface area contributed by atoms with Crippen LogP contribution in [0.4, 0.5) is 0 Å². The van der Waals surface area contributed by atoms with Gasteiger partial charge >= 0.3 is 0 Å². The fraction of sp³-hybridized carbons (Fsp3) is 0.238. The number of benzene rings is 2. The molecule has 0 unspecified atom stereocenters. The molecule has 1 aliphatic rings. The monoisotopic (exact) mass is 368 g/mol. The maximum Gasteiger partial charge on any atom is 0.270 e. The summed E-state index contributed by atoms with van der Waals surface area (Å²) in [4.78, 5) is 27.3. The number of carbonyl (C=O) groups is 2. The second kappa shape index (κ2) is 8.68. The van der Waals surface area contributed by atoms with Gasteiger partial charge in [-0.3, -0.25) is 9.59 Å². The highest BCUT2D eigenvalue weighted by atomic mass is 35.5. The normalized spacial score (nSPS) is 14.8. The van der Waals surface area contributed by atoms with Crippen molar-refractivity contribution in [1.29, 1.82) is 0 Å². The molecule has 1 fully saturated rings. The molecule has 26 heavy (non-hydrogen) atoms. The molecule has 0 aliphatic carbocycles. The summed E-state index contributed by atoms with van der Waals surface area (Å²) in [6.45, 7) is 1.44. The van der Waals surface area contributed by atoms with Crippen LogP contribution in [-0.2, 0) is 4.79 Å². The third-order valence-electron chi connectivity index (χ3n) is 4.34. The summed E-state index contributed by atoms with van der Waals surface area (Å²) in [5.41, 5.74) is 1.60. The molecule has 134 valence electrons. The van der Waals surface area contributed by atoms with E-state index in [0.29, 0.717) is 10.6 Å². The minimum absolute atomic E-state index is 0.149. The van der Waals surface area contributed by atoms with Gasteiger partial charge in [0.2, 0.25) is 0 Å². The molecule has 2 aromatic carbocycles. The molecule has 0 atom stereocenters. The molecule has 1 aliphatic heterocycles. The third kappa shape index (κ3) is 4.73. The number of rotatable bonds is 4. The number of nitrogens with zero attached hydrogens (tertiary/aromatic N) is 1. The quantitative estimate of drug-likeness (QED) is 0.825. The zero-order chi connectivity index (χ0) is 18.4. The van der Waals surface area contributed by atoms with Crippen LogP contribution in [0.3, 0.4) is 0 Å². The molecule has 5 heteroatoms. The highest BCUT2D eigenvalue weighted by molar-refractivity contribution is 6.30. The second-order valence-electron chi connectivity index (χ2n) is 6.28. The number of nitrogens with one attached hydrogen (secondary N) is 1. The Bertz CT molecular complexity index is 795. The van der Waals surface area contributed by atoms with Crippen LogP contribution in [0.15, 0.2) is 60.3 Å². The Hall–Kier alpha value is -2.59. The summed E-state index contributed by atoms with van der Waals surface area (Å²) < 4.78 is 0. The summed E-state index contributed by atoms with van der Waals surface area (Å²) >= 11 is 5.93. The number of carbonyl (C=O) groups excluding carboxylic acids is 2. The van der Waals surface area contributed by atoms with E-state index in [0.717, 1.165) is 37.9 Å². The van der Waals surface area contributed by atoms with Crippen LogP contribution in [0.25, 0.3) is 6.08 Å². The van der Waals surface area contributed by atoms with E-state index in [2.05, 4.69) is 5.32 Å². The van der Waals surface area contributed by atoms with Crippen molar-refractivity contribution in [3.63, 3.8) is 0 Å². The lowest BCUT2D eigenvalue weighted by Crippen LogP contribution is -2.41. The van der Waals surface area contributed by atoms with Gasteiger partial charge in [-0.05, 0) is 55.2 Å². The van der Waals surface area contributed by atoms with Gasteiger partial charge in [0, 0.05) is 23.7 Å². The lowest BCUT2D eigenvalue weighted by atomic mass is 10.1. The topological polar surface area (TPSA) is 49.4 Å². The van der Waals surface area contributed by atoms with Gasteiger partial charge in [0.05, 0.1) is 0 Å². The molecule has 0 spiro atoms. The molecule has 0 aromatic heterocycles. The average Bonchev–Trinajstić information content (AvgIpc) is 2.70. The van der Waals surface area contributed by atoms with Gasteiger partial charge in [-0.1, -0.05) is 41.9 Å². The Morgan fingerprint density at radius 3 is 2.23 bits per heavy atom. The van der Waals surface area contributed by atoms with Crippen LogP contribution >= 0.6 is 11.6 Å². The standard InChI is InChI=1S/C21H21ClN2O2/c22-18-11-9-16(10-12-18)15-19(21(26)24-13-5-2-6-14-24)23-20(25)17-7-3-1-4-8-17/h1,3-4,7-12,15H,2,5-6,13-14H2,(H,23,25)/b19-15-. The van der Waals surface area contributed by atoms with Crippen molar-refractivity contribution in [3.05, 3.63) is 76.4 Å². The molecule has 1 N–H and O–H groups in total. The van der Waals surface area contributed by atoms with Crippen molar-refractivity contribution in [2.24, 2.45) is 0 Å². The van der Waals surface area contributed by atoms with Crippen molar-refractivity contribution >= 4 is 29.5 Å². The molecule has 0 saturated carbocycles. The first-order chi connectivity index (χ1) is 12.6. The van der Waals surface area contributed by atoms with Crippen LogP contribution in [0, 0.1) is 0 Å². The van der Waals surface area contributed by atoms with Crippen molar-refractivity contribution < 1.29 is 9.59 Å². The summed E-state index contributed by atoms with van der Waals surface area (Å²) in [6, 6.07) is 16.0. The van der Waals surface area contributed by atoms with Crippen molar-refractivity contribution in [3.8, 4) is 0 Å². The van der Waals surface area contributed by atoms with Crippen LogP contribution < -0.4 is 5.32 Å². The Balaban J connectivity index is 1.86. The molecule has 3 rings (SSSR count). The zero-order valence-corrected chi connectivity index (χ0v) is 15.2. The van der Waals surface area contributed by atoms with E-state index in [1.54, 1.807) is 47.4 Å². The SMILES string of the molecule is O=C(N/C(=C\c1ccc(Cl)cc1)C(=O)N1CCCCC1)c1ccccc1. The van der Waals surface area contributed by atoms with Gasteiger partial charge in [0.15, 0.2) is 0 Å². The van der Waals surface area contributed by atoms with Crippen molar-refractivity contribution in [2.75, 3.05) is 13.1 Å². The third-order valence-corrected chi connectivity index (χ3v) is 4.59. The molecular formula is C21H21ClN2O2. The molecule has 2 amide bonds. The van der Waals surface area contributed by atoms with E-state index in [1.165, 1.54) is 0 Å². The lowest BCUT2D eigenvalue weighted by Gasteiger charge is -2.27. The Morgan fingerprint density at radius 1 is 0.923 bits per heavy atom. The number of likely N-dealkylation sites (tertiary alicyclic amines) is 1. The average molecular weight is 369 g/mol. The molecular weight excluding hydrogens is 348 g/mol. The van der Waals surface area contributed by atoms with Crippen LogP contribution in [0.5, 0.6) is 0 Å². The number of hydrogen-bond donors (Lipinski definition) is 1. The maximum absolute atomic E-state index is 13.0. The van der Waals surface area contributed by atoms with Gasteiger partial charge in [-0.2, -0.15) is 0 Å². The molecule has 4 nitrogen and oxygen atoms in total. The van der Waals surface area contributed by atoms with Crippen LogP contribution in [0.2, 0.25) is 5.02 Å². The lowest BCUT2D eigenvalue weighted by molar-refractivity contribution is -0.128.